The number of rotatable bonds is 8. The molecule has 144 valence electrons. The molecule has 0 saturated carbocycles. The number of nitrogens with one attached hydrogen (secondary N) is 2. The maximum atomic E-state index is 5.66. The fourth-order valence-electron chi connectivity index (χ4n) is 2.87. The van der Waals surface area contributed by atoms with Gasteiger partial charge in [0.05, 0.1) is 18.9 Å². The number of hydrogen-bond donors (Lipinski definition) is 2. The third-order valence-electron chi connectivity index (χ3n) is 4.32. The molecule has 26 heavy (non-hydrogen) atoms. The van der Waals surface area contributed by atoms with Crippen LogP contribution in [0.4, 0.5) is 0 Å². The van der Waals surface area contributed by atoms with Gasteiger partial charge in [-0.05, 0) is 31.0 Å². The Hall–Kier alpha value is -1.55. The highest BCUT2D eigenvalue weighted by Gasteiger charge is 2.15. The Balaban J connectivity index is 0.00000243. The lowest BCUT2D eigenvalue weighted by Gasteiger charge is -2.14. The average Bonchev–Trinajstić information content (AvgIpc) is 3.36. The van der Waals surface area contributed by atoms with Gasteiger partial charge in [0, 0.05) is 51.5 Å². The molecule has 2 aromatic rings. The van der Waals surface area contributed by atoms with Crippen LogP contribution in [0.1, 0.15) is 24.3 Å². The summed E-state index contributed by atoms with van der Waals surface area (Å²) in [6.07, 6.45) is 7.73. The highest BCUT2D eigenvalue weighted by molar-refractivity contribution is 14.0. The summed E-state index contributed by atoms with van der Waals surface area (Å²) in [5.74, 6) is 1.80. The van der Waals surface area contributed by atoms with E-state index in [9.17, 15) is 0 Å². The van der Waals surface area contributed by atoms with Crippen LogP contribution in [0, 0.1) is 0 Å². The third kappa shape index (κ3) is 6.64. The van der Waals surface area contributed by atoms with E-state index in [-0.39, 0.29) is 30.1 Å². The van der Waals surface area contributed by atoms with Gasteiger partial charge in [-0.15, -0.1) is 24.0 Å². The van der Waals surface area contributed by atoms with Crippen LogP contribution >= 0.6 is 24.0 Å². The SMILES string of the molecule is Cn1nccc1CCNC(=NCC1CCCO1)NCCc1ccco1.I. The topological polar surface area (TPSA) is 76.6 Å². The molecule has 0 aliphatic carbocycles. The summed E-state index contributed by atoms with van der Waals surface area (Å²) in [5.41, 5.74) is 1.20. The van der Waals surface area contributed by atoms with E-state index in [1.54, 1.807) is 6.26 Å². The number of aromatic nitrogens is 2. The first-order chi connectivity index (χ1) is 12.3. The van der Waals surface area contributed by atoms with E-state index in [1.165, 1.54) is 5.69 Å². The highest BCUT2D eigenvalue weighted by atomic mass is 127. The molecule has 1 unspecified atom stereocenters. The van der Waals surface area contributed by atoms with Crippen molar-refractivity contribution >= 4 is 29.9 Å². The molecule has 1 saturated heterocycles. The van der Waals surface area contributed by atoms with Gasteiger partial charge in [0.15, 0.2) is 5.96 Å². The minimum absolute atomic E-state index is 0. The smallest absolute Gasteiger partial charge is 0.191 e. The molecule has 0 bridgehead atoms. The van der Waals surface area contributed by atoms with E-state index >= 15 is 0 Å². The summed E-state index contributed by atoms with van der Waals surface area (Å²) in [5, 5.41) is 11.0. The van der Waals surface area contributed by atoms with Crippen molar-refractivity contribution in [3.8, 4) is 0 Å². The predicted octanol–water partition coefficient (Wildman–Crippen LogP) is 2.13. The van der Waals surface area contributed by atoms with Gasteiger partial charge >= 0.3 is 0 Å². The second-order valence-electron chi connectivity index (χ2n) is 6.20. The standard InChI is InChI=1S/C18H27N5O2.HI/c1-23-15(7-11-22-23)6-9-19-18(21-14-17-5-3-13-25-17)20-10-8-16-4-2-12-24-16;/h2,4,7,11-12,17H,3,5-6,8-10,13-14H2,1H3,(H2,19,20,21);1H. The molecule has 1 aliphatic heterocycles. The van der Waals surface area contributed by atoms with Gasteiger partial charge in [-0.3, -0.25) is 9.67 Å². The van der Waals surface area contributed by atoms with Crippen LogP contribution in [0.15, 0.2) is 40.1 Å². The van der Waals surface area contributed by atoms with Crippen molar-refractivity contribution in [1.29, 1.82) is 0 Å². The van der Waals surface area contributed by atoms with Crippen molar-refractivity contribution in [3.63, 3.8) is 0 Å². The molecule has 0 spiro atoms. The third-order valence-corrected chi connectivity index (χ3v) is 4.32. The number of guanidine groups is 1. The fourth-order valence-corrected chi connectivity index (χ4v) is 2.87. The van der Waals surface area contributed by atoms with Crippen molar-refractivity contribution in [3.05, 3.63) is 42.1 Å². The Labute approximate surface area is 171 Å². The van der Waals surface area contributed by atoms with Crippen molar-refractivity contribution in [2.75, 3.05) is 26.2 Å². The van der Waals surface area contributed by atoms with Gasteiger partial charge in [-0.25, -0.2) is 0 Å². The molecule has 8 heteroatoms. The zero-order valence-electron chi connectivity index (χ0n) is 15.2. The zero-order valence-corrected chi connectivity index (χ0v) is 17.5. The largest absolute Gasteiger partial charge is 0.469 e. The van der Waals surface area contributed by atoms with Gasteiger partial charge in [-0.1, -0.05) is 0 Å². The second kappa shape index (κ2) is 11.2. The Morgan fingerprint density at radius 2 is 2.15 bits per heavy atom. The van der Waals surface area contributed by atoms with E-state index in [4.69, 9.17) is 9.15 Å². The van der Waals surface area contributed by atoms with Crippen molar-refractivity contribution in [2.45, 2.75) is 31.8 Å². The first-order valence-corrected chi connectivity index (χ1v) is 8.94. The van der Waals surface area contributed by atoms with Gasteiger partial charge in [0.2, 0.25) is 0 Å². The molecule has 2 aromatic heterocycles. The number of nitrogens with zero attached hydrogens (tertiary/aromatic N) is 3. The van der Waals surface area contributed by atoms with Crippen molar-refractivity contribution in [2.24, 2.45) is 12.0 Å². The van der Waals surface area contributed by atoms with Gasteiger partial charge in [-0.2, -0.15) is 5.10 Å². The van der Waals surface area contributed by atoms with E-state index in [2.05, 4.69) is 20.7 Å². The predicted molar refractivity (Wildman–Crippen MR) is 112 cm³/mol. The lowest BCUT2D eigenvalue weighted by molar-refractivity contribution is 0.117. The number of furan rings is 1. The summed E-state index contributed by atoms with van der Waals surface area (Å²) in [7, 11) is 1.96. The Morgan fingerprint density at radius 1 is 1.31 bits per heavy atom. The minimum Gasteiger partial charge on any atom is -0.469 e. The quantitative estimate of drug-likeness (QED) is 0.349. The number of aryl methyl sites for hydroxylation is 1. The molecule has 3 rings (SSSR count). The molecule has 1 aliphatic rings. The van der Waals surface area contributed by atoms with E-state index < -0.39 is 0 Å². The van der Waals surface area contributed by atoms with Crippen molar-refractivity contribution < 1.29 is 9.15 Å². The molecule has 2 N–H and O–H groups in total. The van der Waals surface area contributed by atoms with E-state index in [0.717, 1.165) is 57.1 Å². The molecule has 1 fully saturated rings. The highest BCUT2D eigenvalue weighted by Crippen LogP contribution is 2.11. The molecule has 7 nitrogen and oxygen atoms in total. The molecular formula is C18H28IN5O2. The van der Waals surface area contributed by atoms with Crippen LogP contribution < -0.4 is 10.6 Å². The van der Waals surface area contributed by atoms with Gasteiger partial charge in [0.1, 0.15) is 5.76 Å². The van der Waals surface area contributed by atoms with E-state index in [0.29, 0.717) is 6.54 Å². The lowest BCUT2D eigenvalue weighted by Crippen LogP contribution is -2.40. The summed E-state index contributed by atoms with van der Waals surface area (Å²) in [6.45, 7) is 3.13. The first-order valence-electron chi connectivity index (χ1n) is 8.94. The molecule has 0 radical (unpaired) electrons. The maximum absolute atomic E-state index is 5.66. The summed E-state index contributed by atoms with van der Waals surface area (Å²) < 4.78 is 12.9. The number of hydrogen-bond acceptors (Lipinski definition) is 4. The minimum atomic E-state index is 0. The number of halogens is 1. The molecule has 0 amide bonds. The Kier molecular flexibility index (Phi) is 8.96. The number of ether oxygens (including phenoxy) is 1. The zero-order chi connectivity index (χ0) is 17.3. The molecule has 3 heterocycles. The monoisotopic (exact) mass is 473 g/mol. The maximum Gasteiger partial charge on any atom is 0.191 e. The molecule has 1 atom stereocenters. The van der Waals surface area contributed by atoms with E-state index in [1.807, 2.05) is 36.1 Å². The van der Waals surface area contributed by atoms with Crippen molar-refractivity contribution in [1.82, 2.24) is 20.4 Å². The Morgan fingerprint density at radius 3 is 2.81 bits per heavy atom. The normalized spacial score (nSPS) is 17.1. The average molecular weight is 473 g/mol. The first kappa shape index (κ1) is 20.8. The second-order valence-corrected chi connectivity index (χ2v) is 6.20. The van der Waals surface area contributed by atoms with Crippen LogP contribution in [-0.2, 0) is 24.6 Å². The lowest BCUT2D eigenvalue weighted by atomic mass is 10.2. The number of aliphatic imine (C=N–C) groups is 1. The molecule has 0 aromatic carbocycles. The van der Waals surface area contributed by atoms with Gasteiger partial charge in [0.25, 0.3) is 0 Å². The summed E-state index contributed by atoms with van der Waals surface area (Å²) in [6, 6.07) is 5.93. The fraction of sp³-hybridized carbons (Fsp3) is 0.556. The molecular weight excluding hydrogens is 445 g/mol. The summed E-state index contributed by atoms with van der Waals surface area (Å²) >= 11 is 0. The van der Waals surface area contributed by atoms with Crippen LogP contribution in [0.25, 0.3) is 0 Å². The van der Waals surface area contributed by atoms with Crippen LogP contribution in [0.3, 0.4) is 0 Å². The van der Waals surface area contributed by atoms with Gasteiger partial charge < -0.3 is 19.8 Å². The van der Waals surface area contributed by atoms with Crippen LogP contribution in [-0.4, -0.2) is 48.1 Å². The van der Waals surface area contributed by atoms with Crippen LogP contribution in [0.2, 0.25) is 0 Å². The van der Waals surface area contributed by atoms with Crippen LogP contribution in [0.5, 0.6) is 0 Å². The Bertz CT molecular complexity index is 650. The summed E-state index contributed by atoms with van der Waals surface area (Å²) in [4.78, 5) is 4.68.